The van der Waals surface area contributed by atoms with Crippen LogP contribution in [-0.4, -0.2) is 61.6 Å². The van der Waals surface area contributed by atoms with Gasteiger partial charge in [0.1, 0.15) is 11.5 Å². The van der Waals surface area contributed by atoms with Crippen LogP contribution in [0.2, 0.25) is 0 Å². The fourth-order valence-corrected chi connectivity index (χ4v) is 4.19. The Morgan fingerprint density at radius 2 is 1.90 bits per heavy atom. The third-order valence-corrected chi connectivity index (χ3v) is 5.80. The molecular formula is C23H31N5O. The summed E-state index contributed by atoms with van der Waals surface area (Å²) in [5, 5.41) is 6.61. The van der Waals surface area contributed by atoms with E-state index in [0.29, 0.717) is 12.2 Å². The van der Waals surface area contributed by atoms with Crippen LogP contribution in [0.15, 0.2) is 48.5 Å². The monoisotopic (exact) mass is 393 g/mol. The van der Waals surface area contributed by atoms with Crippen molar-refractivity contribution < 1.29 is 4.79 Å². The summed E-state index contributed by atoms with van der Waals surface area (Å²) >= 11 is 0. The van der Waals surface area contributed by atoms with E-state index >= 15 is 0 Å². The maximum atomic E-state index is 12.5. The maximum absolute atomic E-state index is 12.5. The van der Waals surface area contributed by atoms with E-state index in [0.717, 1.165) is 38.4 Å². The molecule has 3 heterocycles. The van der Waals surface area contributed by atoms with Crippen molar-refractivity contribution in [1.82, 2.24) is 20.5 Å². The number of aromatic nitrogens is 1. The van der Waals surface area contributed by atoms with Crippen LogP contribution < -0.4 is 15.5 Å². The molecule has 0 radical (unpaired) electrons. The van der Waals surface area contributed by atoms with E-state index in [4.69, 9.17) is 0 Å². The molecular weight excluding hydrogens is 362 g/mol. The second-order valence-corrected chi connectivity index (χ2v) is 7.90. The summed E-state index contributed by atoms with van der Waals surface area (Å²) in [7, 11) is 0. The van der Waals surface area contributed by atoms with Crippen molar-refractivity contribution >= 4 is 11.7 Å². The first-order valence-corrected chi connectivity index (χ1v) is 10.8. The number of likely N-dealkylation sites (tertiary alicyclic amines) is 1. The molecule has 6 nitrogen and oxygen atoms in total. The van der Waals surface area contributed by atoms with Gasteiger partial charge in [0.15, 0.2) is 0 Å². The van der Waals surface area contributed by atoms with Crippen LogP contribution in [0.5, 0.6) is 0 Å². The van der Waals surface area contributed by atoms with E-state index in [9.17, 15) is 4.79 Å². The third-order valence-electron chi connectivity index (χ3n) is 5.80. The SMILES string of the molecule is O=C(NCCCN1CCCC1)c1cccc(N2CCN[C@@H](c3ccccc3)C2)n1. The smallest absolute Gasteiger partial charge is 0.269 e. The highest BCUT2D eigenvalue weighted by atomic mass is 16.1. The molecule has 1 aromatic heterocycles. The number of hydrogen-bond donors (Lipinski definition) is 2. The summed E-state index contributed by atoms with van der Waals surface area (Å²) in [6.07, 6.45) is 3.60. The highest BCUT2D eigenvalue weighted by molar-refractivity contribution is 5.92. The molecule has 6 heteroatoms. The molecule has 0 aliphatic carbocycles. The molecule has 2 fully saturated rings. The normalized spacial score (nSPS) is 20.0. The van der Waals surface area contributed by atoms with Crippen LogP contribution in [0.25, 0.3) is 0 Å². The maximum Gasteiger partial charge on any atom is 0.269 e. The molecule has 1 amide bonds. The predicted molar refractivity (Wildman–Crippen MR) is 116 cm³/mol. The molecule has 1 atom stereocenters. The van der Waals surface area contributed by atoms with Gasteiger partial charge in [-0.1, -0.05) is 36.4 Å². The highest BCUT2D eigenvalue weighted by Crippen LogP contribution is 2.21. The van der Waals surface area contributed by atoms with E-state index in [-0.39, 0.29) is 11.9 Å². The second-order valence-electron chi connectivity index (χ2n) is 7.90. The van der Waals surface area contributed by atoms with Gasteiger partial charge in [-0.25, -0.2) is 4.98 Å². The minimum Gasteiger partial charge on any atom is -0.353 e. The standard InChI is InChI=1S/C23H31N5O/c29-23(25-12-7-16-27-14-4-5-15-27)20-10-6-11-22(26-20)28-17-13-24-21(18-28)19-8-2-1-3-9-19/h1-3,6,8-11,21,24H,4-5,7,12-18H2,(H,25,29)/t21-/m1/s1. The molecule has 4 rings (SSSR count). The molecule has 2 N–H and O–H groups in total. The minimum absolute atomic E-state index is 0.0805. The number of nitrogens with one attached hydrogen (secondary N) is 2. The van der Waals surface area contributed by atoms with Crippen LogP contribution in [0.4, 0.5) is 5.82 Å². The van der Waals surface area contributed by atoms with Crippen molar-refractivity contribution in [2.24, 2.45) is 0 Å². The van der Waals surface area contributed by atoms with E-state index in [1.807, 2.05) is 18.2 Å². The van der Waals surface area contributed by atoms with Crippen LogP contribution in [0, 0.1) is 0 Å². The van der Waals surface area contributed by atoms with Gasteiger partial charge in [0.05, 0.1) is 0 Å². The van der Waals surface area contributed by atoms with Gasteiger partial charge in [0, 0.05) is 32.2 Å². The van der Waals surface area contributed by atoms with Crippen molar-refractivity contribution in [2.75, 3.05) is 50.7 Å². The molecule has 2 aliphatic rings. The third kappa shape index (κ3) is 5.34. The zero-order valence-electron chi connectivity index (χ0n) is 17.0. The summed E-state index contributed by atoms with van der Waals surface area (Å²) in [4.78, 5) is 21.9. The first kappa shape index (κ1) is 19.9. The second kappa shape index (κ2) is 9.85. The number of nitrogens with zero attached hydrogens (tertiary/aromatic N) is 3. The molecule has 154 valence electrons. The number of anilines is 1. The number of rotatable bonds is 7. The lowest BCUT2D eigenvalue weighted by atomic mass is 10.0. The Kier molecular flexibility index (Phi) is 6.75. The largest absolute Gasteiger partial charge is 0.353 e. The Balaban J connectivity index is 1.32. The lowest BCUT2D eigenvalue weighted by Crippen LogP contribution is -2.46. The van der Waals surface area contributed by atoms with Gasteiger partial charge in [-0.2, -0.15) is 0 Å². The highest BCUT2D eigenvalue weighted by Gasteiger charge is 2.22. The van der Waals surface area contributed by atoms with Crippen molar-refractivity contribution in [3.05, 3.63) is 59.8 Å². The van der Waals surface area contributed by atoms with Crippen molar-refractivity contribution in [1.29, 1.82) is 0 Å². The Morgan fingerprint density at radius 1 is 1.07 bits per heavy atom. The van der Waals surface area contributed by atoms with Gasteiger partial charge in [0.25, 0.3) is 5.91 Å². The van der Waals surface area contributed by atoms with Gasteiger partial charge < -0.3 is 20.4 Å². The summed E-state index contributed by atoms with van der Waals surface area (Å²) in [5.41, 5.74) is 1.78. The molecule has 29 heavy (non-hydrogen) atoms. The number of carbonyl (C=O) groups excluding carboxylic acids is 1. The van der Waals surface area contributed by atoms with Gasteiger partial charge in [-0.05, 0) is 56.6 Å². The summed E-state index contributed by atoms with van der Waals surface area (Å²) in [6.45, 7) is 6.79. The Bertz CT molecular complexity index is 791. The number of amides is 1. The molecule has 2 saturated heterocycles. The predicted octanol–water partition coefficient (Wildman–Crippen LogP) is 2.45. The zero-order valence-corrected chi connectivity index (χ0v) is 17.0. The lowest BCUT2D eigenvalue weighted by Gasteiger charge is -2.35. The number of carbonyl (C=O) groups is 1. The van der Waals surface area contributed by atoms with E-state index in [1.165, 1.54) is 31.5 Å². The van der Waals surface area contributed by atoms with Crippen molar-refractivity contribution in [3.8, 4) is 0 Å². The topological polar surface area (TPSA) is 60.5 Å². The molecule has 2 aliphatic heterocycles. The van der Waals surface area contributed by atoms with Crippen LogP contribution in [0.3, 0.4) is 0 Å². The molecule has 0 saturated carbocycles. The zero-order chi connectivity index (χ0) is 19.9. The van der Waals surface area contributed by atoms with E-state index in [2.05, 4.69) is 49.7 Å². The van der Waals surface area contributed by atoms with Gasteiger partial charge >= 0.3 is 0 Å². The number of hydrogen-bond acceptors (Lipinski definition) is 5. The van der Waals surface area contributed by atoms with Gasteiger partial charge in [0.2, 0.25) is 0 Å². The average molecular weight is 394 g/mol. The molecule has 0 unspecified atom stereocenters. The average Bonchev–Trinajstić information content (AvgIpc) is 3.31. The van der Waals surface area contributed by atoms with Crippen LogP contribution in [0.1, 0.15) is 41.4 Å². The summed E-state index contributed by atoms with van der Waals surface area (Å²) < 4.78 is 0. The first-order chi connectivity index (χ1) is 14.3. The molecule has 1 aromatic carbocycles. The van der Waals surface area contributed by atoms with Crippen LogP contribution >= 0.6 is 0 Å². The quantitative estimate of drug-likeness (QED) is 0.708. The van der Waals surface area contributed by atoms with Crippen molar-refractivity contribution in [2.45, 2.75) is 25.3 Å². The Morgan fingerprint density at radius 3 is 2.72 bits per heavy atom. The summed E-state index contributed by atoms with van der Waals surface area (Å²) in [6, 6.07) is 16.5. The fourth-order valence-electron chi connectivity index (χ4n) is 4.19. The summed E-state index contributed by atoms with van der Waals surface area (Å²) in [5.74, 6) is 0.792. The van der Waals surface area contributed by atoms with Gasteiger partial charge in [-0.15, -0.1) is 0 Å². The van der Waals surface area contributed by atoms with Crippen LogP contribution in [-0.2, 0) is 0 Å². The van der Waals surface area contributed by atoms with Gasteiger partial charge in [-0.3, -0.25) is 4.79 Å². The molecule has 0 bridgehead atoms. The Labute approximate surface area is 173 Å². The lowest BCUT2D eigenvalue weighted by molar-refractivity contribution is 0.0947. The van der Waals surface area contributed by atoms with E-state index in [1.54, 1.807) is 6.07 Å². The number of piperazine rings is 1. The number of benzene rings is 1. The fraction of sp³-hybridized carbons (Fsp3) is 0.478. The van der Waals surface area contributed by atoms with Crippen molar-refractivity contribution in [3.63, 3.8) is 0 Å². The van der Waals surface area contributed by atoms with E-state index < -0.39 is 0 Å². The minimum atomic E-state index is -0.0805. The first-order valence-electron chi connectivity index (χ1n) is 10.8. The number of pyridine rings is 1. The Hall–Kier alpha value is -2.44. The molecule has 0 spiro atoms. The molecule has 2 aromatic rings.